The topological polar surface area (TPSA) is 73.2 Å². The molecule has 1 amide bonds. The minimum atomic E-state index is -0.169. The lowest BCUT2D eigenvalue weighted by Crippen LogP contribution is -2.27. The summed E-state index contributed by atoms with van der Waals surface area (Å²) in [6.07, 6.45) is 0. The Morgan fingerprint density at radius 1 is 1.03 bits per heavy atom. The summed E-state index contributed by atoms with van der Waals surface area (Å²) in [6.45, 7) is 0.614. The van der Waals surface area contributed by atoms with Crippen LogP contribution in [-0.2, 0) is 17.9 Å². The number of amides is 1. The molecule has 6 nitrogen and oxygen atoms in total. The van der Waals surface area contributed by atoms with Gasteiger partial charge in [0.1, 0.15) is 5.75 Å². The molecular formula is C25H22ClN3O3S. The minimum absolute atomic E-state index is 0.114. The van der Waals surface area contributed by atoms with Gasteiger partial charge in [0.15, 0.2) is 5.16 Å². The zero-order valence-corrected chi connectivity index (χ0v) is 19.5. The van der Waals surface area contributed by atoms with Crippen LogP contribution in [0.15, 0.2) is 82.7 Å². The highest BCUT2D eigenvalue weighted by molar-refractivity contribution is 7.99. The van der Waals surface area contributed by atoms with Crippen LogP contribution in [0.1, 0.15) is 11.1 Å². The minimum Gasteiger partial charge on any atom is -0.496 e. The first kappa shape index (κ1) is 22.9. The lowest BCUT2D eigenvalue weighted by Gasteiger charge is -2.14. The molecule has 0 unspecified atom stereocenters. The van der Waals surface area contributed by atoms with Gasteiger partial charge < -0.3 is 10.1 Å². The number of hydrogen-bond acceptors (Lipinski definition) is 5. The molecule has 0 atom stereocenters. The van der Waals surface area contributed by atoms with Crippen molar-refractivity contribution in [3.63, 3.8) is 0 Å². The average Bonchev–Trinajstić information content (AvgIpc) is 2.84. The van der Waals surface area contributed by atoms with E-state index in [2.05, 4.69) is 10.3 Å². The molecule has 0 aliphatic carbocycles. The predicted molar refractivity (Wildman–Crippen MR) is 132 cm³/mol. The Morgan fingerprint density at radius 2 is 1.73 bits per heavy atom. The molecule has 0 spiro atoms. The highest BCUT2D eigenvalue weighted by Crippen LogP contribution is 2.22. The highest BCUT2D eigenvalue weighted by atomic mass is 35.5. The lowest BCUT2D eigenvalue weighted by atomic mass is 10.2. The van der Waals surface area contributed by atoms with Crippen molar-refractivity contribution < 1.29 is 9.53 Å². The molecule has 1 aromatic heterocycles. The summed E-state index contributed by atoms with van der Waals surface area (Å²) in [7, 11) is 1.60. The molecule has 0 radical (unpaired) electrons. The van der Waals surface area contributed by atoms with Crippen molar-refractivity contribution in [3.05, 3.63) is 99.3 Å². The molecule has 33 heavy (non-hydrogen) atoms. The van der Waals surface area contributed by atoms with Crippen LogP contribution in [0.2, 0.25) is 5.02 Å². The molecule has 3 aromatic carbocycles. The standard InChI is InChI=1S/C25H22ClN3O3S/c1-32-22-13-7-3-8-17(22)14-27-23(30)16-33-25-28-21-12-6-4-10-19(21)24(31)29(25)15-18-9-2-5-11-20(18)26/h2-13H,14-16H2,1H3,(H,27,30). The molecule has 0 fully saturated rings. The van der Waals surface area contributed by atoms with Crippen LogP contribution in [0.5, 0.6) is 5.75 Å². The summed E-state index contributed by atoms with van der Waals surface area (Å²) in [5.74, 6) is 0.662. The molecule has 0 bridgehead atoms. The molecule has 4 aromatic rings. The zero-order chi connectivity index (χ0) is 23.2. The number of benzene rings is 3. The summed E-state index contributed by atoms with van der Waals surface area (Å²) in [6, 6.07) is 22.1. The summed E-state index contributed by atoms with van der Waals surface area (Å²) in [5.41, 5.74) is 2.12. The van der Waals surface area contributed by atoms with Gasteiger partial charge in [-0.05, 0) is 29.8 Å². The quantitative estimate of drug-likeness (QED) is 0.297. The first-order valence-electron chi connectivity index (χ1n) is 10.3. The molecule has 1 heterocycles. The fraction of sp³-hybridized carbons (Fsp3) is 0.160. The summed E-state index contributed by atoms with van der Waals surface area (Å²) >= 11 is 7.55. The molecule has 0 saturated heterocycles. The second-order valence-electron chi connectivity index (χ2n) is 7.27. The summed E-state index contributed by atoms with van der Waals surface area (Å²) < 4.78 is 6.90. The maximum atomic E-state index is 13.2. The van der Waals surface area contributed by atoms with Crippen LogP contribution >= 0.6 is 23.4 Å². The number of aromatic nitrogens is 2. The van der Waals surface area contributed by atoms with Crippen molar-refractivity contribution in [3.8, 4) is 5.75 Å². The van der Waals surface area contributed by atoms with E-state index in [4.69, 9.17) is 16.3 Å². The van der Waals surface area contributed by atoms with Gasteiger partial charge in [-0.15, -0.1) is 0 Å². The van der Waals surface area contributed by atoms with Crippen molar-refractivity contribution in [2.45, 2.75) is 18.2 Å². The molecule has 8 heteroatoms. The third-order valence-electron chi connectivity index (χ3n) is 5.11. The van der Waals surface area contributed by atoms with Crippen LogP contribution in [-0.4, -0.2) is 28.3 Å². The van der Waals surface area contributed by atoms with Gasteiger partial charge in [-0.3, -0.25) is 14.2 Å². The Bertz CT molecular complexity index is 1360. The SMILES string of the molecule is COc1ccccc1CNC(=O)CSc1nc2ccccc2c(=O)n1Cc1ccccc1Cl. The normalized spacial score (nSPS) is 10.8. The van der Waals surface area contributed by atoms with Gasteiger partial charge in [-0.25, -0.2) is 4.98 Å². The number of ether oxygens (including phenoxy) is 1. The van der Waals surface area contributed by atoms with E-state index in [-0.39, 0.29) is 23.8 Å². The van der Waals surface area contributed by atoms with Crippen molar-refractivity contribution in [2.75, 3.05) is 12.9 Å². The number of carbonyl (C=O) groups excluding carboxylic acids is 1. The second kappa shape index (κ2) is 10.6. The van der Waals surface area contributed by atoms with Crippen LogP contribution in [0, 0.1) is 0 Å². The molecule has 1 N–H and O–H groups in total. The van der Waals surface area contributed by atoms with Gasteiger partial charge in [-0.2, -0.15) is 0 Å². The molecule has 168 valence electrons. The number of hydrogen-bond donors (Lipinski definition) is 1. The fourth-order valence-corrected chi connectivity index (χ4v) is 4.44. The number of fused-ring (bicyclic) bond motifs is 1. The largest absolute Gasteiger partial charge is 0.496 e. The fourth-order valence-electron chi connectivity index (χ4n) is 3.42. The van der Waals surface area contributed by atoms with E-state index in [1.807, 2.05) is 54.6 Å². The van der Waals surface area contributed by atoms with Gasteiger partial charge in [0, 0.05) is 17.1 Å². The number of methoxy groups -OCH3 is 1. The number of carbonyl (C=O) groups is 1. The maximum absolute atomic E-state index is 13.2. The van der Waals surface area contributed by atoms with Crippen molar-refractivity contribution >= 4 is 40.2 Å². The number of para-hydroxylation sites is 2. The Kier molecular flexibility index (Phi) is 7.32. The molecule has 0 saturated carbocycles. The van der Waals surface area contributed by atoms with Crippen LogP contribution in [0.25, 0.3) is 10.9 Å². The Balaban J connectivity index is 1.55. The van der Waals surface area contributed by atoms with Crippen molar-refractivity contribution in [1.29, 1.82) is 0 Å². The summed E-state index contributed by atoms with van der Waals surface area (Å²) in [4.78, 5) is 30.5. The third-order valence-corrected chi connectivity index (χ3v) is 6.46. The molecule has 4 rings (SSSR count). The van der Waals surface area contributed by atoms with Gasteiger partial charge in [-0.1, -0.05) is 71.9 Å². The van der Waals surface area contributed by atoms with Gasteiger partial charge in [0.2, 0.25) is 5.91 Å². The van der Waals surface area contributed by atoms with Gasteiger partial charge >= 0.3 is 0 Å². The smallest absolute Gasteiger partial charge is 0.262 e. The molecular weight excluding hydrogens is 458 g/mol. The van der Waals surface area contributed by atoms with E-state index < -0.39 is 0 Å². The Labute approximate surface area is 200 Å². The first-order chi connectivity index (χ1) is 16.1. The van der Waals surface area contributed by atoms with E-state index in [0.717, 1.165) is 16.9 Å². The monoisotopic (exact) mass is 479 g/mol. The van der Waals surface area contributed by atoms with E-state index in [9.17, 15) is 9.59 Å². The highest BCUT2D eigenvalue weighted by Gasteiger charge is 2.15. The number of halogens is 1. The first-order valence-corrected chi connectivity index (χ1v) is 11.7. The molecule has 0 aliphatic rings. The van der Waals surface area contributed by atoms with E-state index in [0.29, 0.717) is 27.6 Å². The Hall–Kier alpha value is -3.29. The lowest BCUT2D eigenvalue weighted by molar-refractivity contribution is -0.118. The van der Waals surface area contributed by atoms with E-state index in [1.165, 1.54) is 11.8 Å². The van der Waals surface area contributed by atoms with Crippen LogP contribution < -0.4 is 15.6 Å². The summed E-state index contributed by atoms with van der Waals surface area (Å²) in [5, 5.41) is 4.46. The van der Waals surface area contributed by atoms with Crippen LogP contribution in [0.4, 0.5) is 0 Å². The van der Waals surface area contributed by atoms with E-state index in [1.54, 1.807) is 29.9 Å². The van der Waals surface area contributed by atoms with Crippen molar-refractivity contribution in [1.82, 2.24) is 14.9 Å². The predicted octanol–water partition coefficient (Wildman–Crippen LogP) is 4.52. The Morgan fingerprint density at radius 3 is 2.52 bits per heavy atom. The number of thioether (sulfide) groups is 1. The van der Waals surface area contributed by atoms with E-state index >= 15 is 0 Å². The average molecular weight is 480 g/mol. The van der Waals surface area contributed by atoms with Crippen molar-refractivity contribution in [2.24, 2.45) is 0 Å². The van der Waals surface area contributed by atoms with Gasteiger partial charge in [0.25, 0.3) is 5.56 Å². The molecule has 0 aliphatic heterocycles. The maximum Gasteiger partial charge on any atom is 0.262 e. The zero-order valence-electron chi connectivity index (χ0n) is 18.0. The number of rotatable bonds is 8. The number of nitrogens with one attached hydrogen (secondary N) is 1. The second-order valence-corrected chi connectivity index (χ2v) is 8.62. The third kappa shape index (κ3) is 5.38. The van der Waals surface area contributed by atoms with Crippen LogP contribution in [0.3, 0.4) is 0 Å². The number of nitrogens with zero attached hydrogens (tertiary/aromatic N) is 2. The van der Waals surface area contributed by atoms with Gasteiger partial charge in [0.05, 0.1) is 30.3 Å².